The summed E-state index contributed by atoms with van der Waals surface area (Å²) in [6, 6.07) is 10.0. The van der Waals surface area contributed by atoms with E-state index in [4.69, 9.17) is 10.5 Å². The van der Waals surface area contributed by atoms with Crippen molar-refractivity contribution in [3.8, 4) is 5.75 Å². The SMILES string of the molecule is CCCCC1CCC(N)(CCOc2ccccc2)CC1. The van der Waals surface area contributed by atoms with Gasteiger partial charge < -0.3 is 10.5 Å². The van der Waals surface area contributed by atoms with Gasteiger partial charge >= 0.3 is 0 Å². The molecule has 2 heteroatoms. The summed E-state index contributed by atoms with van der Waals surface area (Å²) in [4.78, 5) is 0. The molecule has 0 heterocycles. The zero-order valence-electron chi connectivity index (χ0n) is 12.8. The summed E-state index contributed by atoms with van der Waals surface area (Å²) in [6.07, 6.45) is 10.0. The van der Waals surface area contributed by atoms with Gasteiger partial charge in [-0.1, -0.05) is 44.4 Å². The molecule has 2 nitrogen and oxygen atoms in total. The molecule has 0 aromatic heterocycles. The Bertz CT molecular complexity index is 368. The van der Waals surface area contributed by atoms with E-state index in [0.717, 1.165) is 24.7 Å². The molecular formula is C18H29NO. The number of benzene rings is 1. The van der Waals surface area contributed by atoms with E-state index in [2.05, 4.69) is 6.92 Å². The van der Waals surface area contributed by atoms with Crippen molar-refractivity contribution in [3.63, 3.8) is 0 Å². The average molecular weight is 275 g/mol. The quantitative estimate of drug-likeness (QED) is 0.793. The second-order valence-corrected chi connectivity index (χ2v) is 6.36. The third-order valence-corrected chi connectivity index (χ3v) is 4.68. The van der Waals surface area contributed by atoms with Gasteiger partial charge in [0.25, 0.3) is 0 Å². The first-order valence-electron chi connectivity index (χ1n) is 8.18. The number of ether oxygens (including phenoxy) is 1. The van der Waals surface area contributed by atoms with Crippen molar-refractivity contribution in [2.75, 3.05) is 6.61 Å². The van der Waals surface area contributed by atoms with Crippen LogP contribution >= 0.6 is 0 Å². The molecule has 0 unspecified atom stereocenters. The van der Waals surface area contributed by atoms with Gasteiger partial charge in [0.15, 0.2) is 0 Å². The highest BCUT2D eigenvalue weighted by atomic mass is 16.5. The molecule has 0 bridgehead atoms. The lowest BCUT2D eigenvalue weighted by Crippen LogP contribution is -2.44. The van der Waals surface area contributed by atoms with Crippen LogP contribution in [0, 0.1) is 5.92 Å². The molecule has 0 saturated heterocycles. The lowest BCUT2D eigenvalue weighted by atomic mass is 9.74. The van der Waals surface area contributed by atoms with E-state index in [1.165, 1.54) is 44.9 Å². The molecule has 0 spiro atoms. The summed E-state index contributed by atoms with van der Waals surface area (Å²) >= 11 is 0. The van der Waals surface area contributed by atoms with Crippen LogP contribution in [-0.4, -0.2) is 12.1 Å². The smallest absolute Gasteiger partial charge is 0.119 e. The molecule has 1 saturated carbocycles. The summed E-state index contributed by atoms with van der Waals surface area (Å²) in [7, 11) is 0. The molecule has 1 fully saturated rings. The first kappa shape index (κ1) is 15.4. The van der Waals surface area contributed by atoms with Crippen molar-refractivity contribution >= 4 is 0 Å². The Morgan fingerprint density at radius 1 is 1.20 bits per heavy atom. The van der Waals surface area contributed by atoms with Crippen molar-refractivity contribution in [1.29, 1.82) is 0 Å². The van der Waals surface area contributed by atoms with Crippen molar-refractivity contribution in [2.45, 2.75) is 63.8 Å². The van der Waals surface area contributed by atoms with Gasteiger partial charge in [-0.15, -0.1) is 0 Å². The maximum atomic E-state index is 6.53. The topological polar surface area (TPSA) is 35.2 Å². The monoisotopic (exact) mass is 275 g/mol. The van der Waals surface area contributed by atoms with E-state index in [-0.39, 0.29) is 5.54 Å². The minimum atomic E-state index is 0.0114. The van der Waals surface area contributed by atoms with Gasteiger partial charge in [0, 0.05) is 5.54 Å². The zero-order valence-corrected chi connectivity index (χ0v) is 12.8. The number of hydrogen-bond acceptors (Lipinski definition) is 2. The fraction of sp³-hybridized carbons (Fsp3) is 0.667. The average Bonchev–Trinajstić information content (AvgIpc) is 2.48. The van der Waals surface area contributed by atoms with E-state index in [1.807, 2.05) is 30.3 Å². The molecule has 1 aliphatic carbocycles. The molecular weight excluding hydrogens is 246 g/mol. The van der Waals surface area contributed by atoms with Crippen LogP contribution in [0.2, 0.25) is 0 Å². The molecule has 0 atom stereocenters. The zero-order chi connectivity index (χ0) is 14.3. The van der Waals surface area contributed by atoms with Crippen molar-refractivity contribution in [3.05, 3.63) is 30.3 Å². The van der Waals surface area contributed by atoms with E-state index in [1.54, 1.807) is 0 Å². The molecule has 1 aromatic rings. The largest absolute Gasteiger partial charge is 0.494 e. The van der Waals surface area contributed by atoms with Gasteiger partial charge in [-0.3, -0.25) is 0 Å². The number of para-hydroxylation sites is 1. The standard InChI is InChI=1S/C18H29NO/c1-2-3-7-16-10-12-18(19,13-11-16)14-15-20-17-8-5-4-6-9-17/h4-6,8-9,16H,2-3,7,10-15,19H2,1H3. The second-order valence-electron chi connectivity index (χ2n) is 6.36. The van der Waals surface area contributed by atoms with E-state index >= 15 is 0 Å². The van der Waals surface area contributed by atoms with Crippen molar-refractivity contribution in [1.82, 2.24) is 0 Å². The summed E-state index contributed by atoms with van der Waals surface area (Å²) < 4.78 is 5.79. The Labute approximate surface area is 123 Å². The van der Waals surface area contributed by atoms with Crippen LogP contribution in [0.5, 0.6) is 5.75 Å². The Morgan fingerprint density at radius 3 is 2.55 bits per heavy atom. The molecule has 0 amide bonds. The predicted molar refractivity (Wildman–Crippen MR) is 85.0 cm³/mol. The van der Waals surface area contributed by atoms with Crippen LogP contribution in [0.25, 0.3) is 0 Å². The highest BCUT2D eigenvalue weighted by Gasteiger charge is 2.31. The summed E-state index contributed by atoms with van der Waals surface area (Å²) in [5.41, 5.74) is 6.55. The van der Waals surface area contributed by atoms with E-state index in [9.17, 15) is 0 Å². The minimum absolute atomic E-state index is 0.0114. The number of nitrogens with two attached hydrogens (primary N) is 1. The Hall–Kier alpha value is -1.02. The van der Waals surface area contributed by atoms with Gasteiger partial charge in [-0.05, 0) is 50.2 Å². The van der Waals surface area contributed by atoms with Gasteiger partial charge in [-0.2, -0.15) is 0 Å². The van der Waals surface area contributed by atoms with Crippen molar-refractivity contribution < 1.29 is 4.74 Å². The lowest BCUT2D eigenvalue weighted by molar-refractivity contribution is 0.179. The van der Waals surface area contributed by atoms with Crippen LogP contribution < -0.4 is 10.5 Å². The summed E-state index contributed by atoms with van der Waals surface area (Å²) in [6.45, 7) is 3.01. The van der Waals surface area contributed by atoms with Crippen LogP contribution in [0.3, 0.4) is 0 Å². The molecule has 2 N–H and O–H groups in total. The highest BCUT2D eigenvalue weighted by molar-refractivity contribution is 5.20. The molecule has 2 rings (SSSR count). The van der Waals surface area contributed by atoms with E-state index < -0.39 is 0 Å². The Balaban J connectivity index is 1.68. The number of unbranched alkanes of at least 4 members (excludes halogenated alkanes) is 1. The molecule has 20 heavy (non-hydrogen) atoms. The van der Waals surface area contributed by atoms with Crippen LogP contribution in [0.1, 0.15) is 58.3 Å². The normalized spacial score (nSPS) is 26.4. The first-order valence-corrected chi connectivity index (χ1v) is 8.18. The van der Waals surface area contributed by atoms with Crippen LogP contribution in [0.15, 0.2) is 30.3 Å². The minimum Gasteiger partial charge on any atom is -0.494 e. The molecule has 0 aliphatic heterocycles. The van der Waals surface area contributed by atoms with E-state index in [0.29, 0.717) is 0 Å². The van der Waals surface area contributed by atoms with Gasteiger partial charge in [0.05, 0.1) is 6.61 Å². The van der Waals surface area contributed by atoms with Crippen molar-refractivity contribution in [2.24, 2.45) is 11.7 Å². The maximum Gasteiger partial charge on any atom is 0.119 e. The Morgan fingerprint density at radius 2 is 1.90 bits per heavy atom. The molecule has 1 aromatic carbocycles. The lowest BCUT2D eigenvalue weighted by Gasteiger charge is -2.37. The van der Waals surface area contributed by atoms with Crippen LogP contribution in [-0.2, 0) is 0 Å². The third-order valence-electron chi connectivity index (χ3n) is 4.68. The molecule has 0 radical (unpaired) electrons. The fourth-order valence-corrected chi connectivity index (χ4v) is 3.17. The maximum absolute atomic E-state index is 6.53. The van der Waals surface area contributed by atoms with Crippen LogP contribution in [0.4, 0.5) is 0 Å². The fourth-order valence-electron chi connectivity index (χ4n) is 3.17. The second kappa shape index (κ2) is 7.68. The number of hydrogen-bond donors (Lipinski definition) is 1. The predicted octanol–water partition coefficient (Wildman–Crippen LogP) is 4.53. The molecule has 1 aliphatic rings. The highest BCUT2D eigenvalue weighted by Crippen LogP contribution is 2.35. The van der Waals surface area contributed by atoms with Gasteiger partial charge in [-0.25, -0.2) is 0 Å². The van der Waals surface area contributed by atoms with Gasteiger partial charge in [0.1, 0.15) is 5.75 Å². The third kappa shape index (κ3) is 4.82. The number of rotatable bonds is 7. The summed E-state index contributed by atoms with van der Waals surface area (Å²) in [5, 5.41) is 0. The van der Waals surface area contributed by atoms with Gasteiger partial charge in [0.2, 0.25) is 0 Å². The molecule has 112 valence electrons. The Kier molecular flexibility index (Phi) is 5.90. The summed E-state index contributed by atoms with van der Waals surface area (Å²) in [5.74, 6) is 1.87. The first-order chi connectivity index (χ1) is 9.72.